The van der Waals surface area contributed by atoms with Crippen molar-refractivity contribution >= 4 is 11.6 Å². The lowest BCUT2D eigenvalue weighted by atomic mass is 9.73. The summed E-state index contributed by atoms with van der Waals surface area (Å²) in [5.74, 6) is -0.182. The maximum absolute atomic E-state index is 14.3. The van der Waals surface area contributed by atoms with Gasteiger partial charge in [-0.05, 0) is 43.4 Å². The lowest BCUT2D eigenvalue weighted by Crippen LogP contribution is -2.36. The number of benzene rings is 1. The van der Waals surface area contributed by atoms with E-state index in [1.807, 2.05) is 6.07 Å². The van der Waals surface area contributed by atoms with Crippen molar-refractivity contribution in [3.05, 3.63) is 34.6 Å². The lowest BCUT2D eigenvalue weighted by molar-refractivity contribution is 0.185. The second-order valence-electron chi connectivity index (χ2n) is 5.58. The molecule has 106 valence electrons. The van der Waals surface area contributed by atoms with E-state index in [0.717, 1.165) is 18.5 Å². The third-order valence-electron chi connectivity index (χ3n) is 4.60. The largest absolute Gasteiger partial charge is 0.310 e. The summed E-state index contributed by atoms with van der Waals surface area (Å²) in [4.78, 5) is 0. The molecular formula is C16H23ClFN. The van der Waals surface area contributed by atoms with Crippen LogP contribution in [0.5, 0.6) is 0 Å². The molecule has 2 rings (SSSR count). The maximum Gasteiger partial charge on any atom is 0.129 e. The number of hydrogen-bond donors (Lipinski definition) is 1. The number of halogens is 2. The van der Waals surface area contributed by atoms with Crippen molar-refractivity contribution in [1.82, 2.24) is 5.32 Å². The van der Waals surface area contributed by atoms with Crippen LogP contribution in [0.25, 0.3) is 0 Å². The van der Waals surface area contributed by atoms with E-state index < -0.39 is 0 Å². The second kappa shape index (κ2) is 6.23. The molecule has 0 aliphatic heterocycles. The molecule has 1 aliphatic carbocycles. The Labute approximate surface area is 120 Å². The molecule has 1 N–H and O–H groups in total. The summed E-state index contributed by atoms with van der Waals surface area (Å²) >= 11 is 5.87. The summed E-state index contributed by atoms with van der Waals surface area (Å²) in [6.07, 6.45) is 5.97. The molecule has 1 unspecified atom stereocenters. The first-order chi connectivity index (χ1) is 9.13. The average molecular weight is 284 g/mol. The highest BCUT2D eigenvalue weighted by Crippen LogP contribution is 2.50. The van der Waals surface area contributed by atoms with E-state index in [0.29, 0.717) is 5.02 Å². The van der Waals surface area contributed by atoms with Gasteiger partial charge in [0.25, 0.3) is 0 Å². The summed E-state index contributed by atoms with van der Waals surface area (Å²) in [5.41, 5.74) is 0.972. The molecule has 1 aliphatic rings. The third-order valence-corrected chi connectivity index (χ3v) is 4.83. The van der Waals surface area contributed by atoms with Crippen LogP contribution >= 0.6 is 11.6 Å². The topological polar surface area (TPSA) is 12.0 Å². The van der Waals surface area contributed by atoms with Gasteiger partial charge in [-0.25, -0.2) is 4.39 Å². The molecule has 0 radical (unpaired) electrons. The lowest BCUT2D eigenvalue weighted by Gasteiger charge is -2.38. The maximum atomic E-state index is 14.3. The first-order valence-corrected chi connectivity index (χ1v) is 7.69. The normalized spacial score (nSPS) is 19.6. The minimum atomic E-state index is -0.182. The Hall–Kier alpha value is -0.600. The van der Waals surface area contributed by atoms with Crippen molar-refractivity contribution in [2.24, 2.45) is 5.41 Å². The van der Waals surface area contributed by atoms with Gasteiger partial charge < -0.3 is 5.32 Å². The average Bonchev–Trinajstić information content (AvgIpc) is 2.87. The molecular weight excluding hydrogens is 261 g/mol. The number of rotatable bonds is 5. The number of nitrogens with one attached hydrogen (secondary N) is 1. The molecule has 3 heteroatoms. The fourth-order valence-electron chi connectivity index (χ4n) is 3.52. The molecule has 0 spiro atoms. The third kappa shape index (κ3) is 2.95. The molecule has 1 aromatic carbocycles. The van der Waals surface area contributed by atoms with Crippen molar-refractivity contribution in [3.63, 3.8) is 0 Å². The first-order valence-electron chi connectivity index (χ1n) is 7.31. The van der Waals surface area contributed by atoms with Gasteiger partial charge in [-0.3, -0.25) is 0 Å². The van der Waals surface area contributed by atoms with E-state index in [-0.39, 0.29) is 17.3 Å². The van der Waals surface area contributed by atoms with Gasteiger partial charge in [0, 0.05) is 16.6 Å². The van der Waals surface area contributed by atoms with Crippen molar-refractivity contribution in [2.75, 3.05) is 6.54 Å². The van der Waals surface area contributed by atoms with Crippen LogP contribution in [0.3, 0.4) is 0 Å². The first kappa shape index (κ1) is 14.8. The van der Waals surface area contributed by atoms with Gasteiger partial charge in [0.1, 0.15) is 5.82 Å². The quantitative estimate of drug-likeness (QED) is 0.793. The van der Waals surface area contributed by atoms with Crippen LogP contribution in [-0.4, -0.2) is 6.54 Å². The molecule has 0 bridgehead atoms. The number of hydrogen-bond acceptors (Lipinski definition) is 1. The van der Waals surface area contributed by atoms with Crippen LogP contribution in [0.15, 0.2) is 18.2 Å². The zero-order valence-electron chi connectivity index (χ0n) is 11.8. The van der Waals surface area contributed by atoms with Crippen LogP contribution in [0.4, 0.5) is 4.39 Å². The molecule has 19 heavy (non-hydrogen) atoms. The Bertz CT molecular complexity index is 427. The van der Waals surface area contributed by atoms with Crippen LogP contribution in [-0.2, 0) is 0 Å². The van der Waals surface area contributed by atoms with Crippen LogP contribution in [0.2, 0.25) is 5.02 Å². The van der Waals surface area contributed by atoms with E-state index in [1.54, 1.807) is 6.07 Å². The summed E-state index contributed by atoms with van der Waals surface area (Å²) in [7, 11) is 0. The molecule has 1 nitrogen and oxygen atoms in total. The highest BCUT2D eigenvalue weighted by molar-refractivity contribution is 6.30. The summed E-state index contributed by atoms with van der Waals surface area (Å²) < 4.78 is 14.3. The predicted octanol–water partition coefficient (Wildman–Crippen LogP) is 5.10. The van der Waals surface area contributed by atoms with Gasteiger partial charge in [0.05, 0.1) is 0 Å². The predicted molar refractivity (Wildman–Crippen MR) is 79.0 cm³/mol. The van der Waals surface area contributed by atoms with Gasteiger partial charge in [-0.2, -0.15) is 0 Å². The van der Waals surface area contributed by atoms with Gasteiger partial charge in [-0.15, -0.1) is 0 Å². The summed E-state index contributed by atoms with van der Waals surface area (Å²) in [5, 5.41) is 3.98. The fraction of sp³-hybridized carbons (Fsp3) is 0.625. The summed E-state index contributed by atoms with van der Waals surface area (Å²) in [6, 6.07) is 5.17. The molecule has 1 fully saturated rings. The van der Waals surface area contributed by atoms with Gasteiger partial charge in [0.2, 0.25) is 0 Å². The zero-order chi connectivity index (χ0) is 13.9. The monoisotopic (exact) mass is 283 g/mol. The summed E-state index contributed by atoms with van der Waals surface area (Å²) in [6.45, 7) is 5.16. The highest BCUT2D eigenvalue weighted by atomic mass is 35.5. The van der Waals surface area contributed by atoms with E-state index in [9.17, 15) is 4.39 Å². The van der Waals surface area contributed by atoms with E-state index in [1.165, 1.54) is 31.7 Å². The SMILES string of the molecule is CCNC(c1ccc(Cl)cc1F)C1(CC)CCCC1. The second-order valence-corrected chi connectivity index (χ2v) is 6.02. The van der Waals surface area contributed by atoms with E-state index in [2.05, 4.69) is 19.2 Å². The molecule has 0 aromatic heterocycles. The molecule has 0 saturated heterocycles. The zero-order valence-corrected chi connectivity index (χ0v) is 12.6. The molecule has 0 heterocycles. The molecule has 1 atom stereocenters. The standard InChI is InChI=1S/C16H23ClFN/c1-3-16(9-5-6-10-16)15(19-4-2)13-8-7-12(17)11-14(13)18/h7-8,11,15,19H,3-6,9-10H2,1-2H3. The Morgan fingerprint density at radius 1 is 1.32 bits per heavy atom. The van der Waals surface area contributed by atoms with E-state index in [4.69, 9.17) is 11.6 Å². The Morgan fingerprint density at radius 3 is 2.53 bits per heavy atom. The van der Waals surface area contributed by atoms with Crippen LogP contribution < -0.4 is 5.32 Å². The van der Waals surface area contributed by atoms with Crippen molar-refractivity contribution in [1.29, 1.82) is 0 Å². The minimum Gasteiger partial charge on any atom is -0.310 e. The fourth-order valence-corrected chi connectivity index (χ4v) is 3.68. The molecule has 0 amide bonds. The molecule has 1 aromatic rings. The Kier molecular flexibility index (Phi) is 4.86. The van der Waals surface area contributed by atoms with Gasteiger partial charge >= 0.3 is 0 Å². The van der Waals surface area contributed by atoms with Crippen LogP contribution in [0.1, 0.15) is 57.6 Å². The van der Waals surface area contributed by atoms with Crippen molar-refractivity contribution < 1.29 is 4.39 Å². The van der Waals surface area contributed by atoms with E-state index >= 15 is 0 Å². The van der Waals surface area contributed by atoms with Gasteiger partial charge in [0.15, 0.2) is 0 Å². The van der Waals surface area contributed by atoms with Gasteiger partial charge in [-0.1, -0.05) is 44.4 Å². The minimum absolute atomic E-state index is 0.0993. The van der Waals surface area contributed by atoms with Crippen molar-refractivity contribution in [2.45, 2.75) is 52.0 Å². The Balaban J connectivity index is 2.38. The molecule has 1 saturated carbocycles. The smallest absolute Gasteiger partial charge is 0.129 e. The van der Waals surface area contributed by atoms with Crippen molar-refractivity contribution in [3.8, 4) is 0 Å². The van der Waals surface area contributed by atoms with Crippen LogP contribution in [0, 0.1) is 11.2 Å². The Morgan fingerprint density at radius 2 is 2.00 bits per heavy atom. The highest BCUT2D eigenvalue weighted by Gasteiger charge is 2.41.